The molecule has 0 saturated heterocycles. The van der Waals surface area contributed by atoms with Gasteiger partial charge in [0, 0.05) is 6.42 Å². The molecule has 0 radical (unpaired) electrons. The molecule has 14 heavy (non-hydrogen) atoms. The van der Waals surface area contributed by atoms with Crippen LogP contribution in [0.2, 0.25) is 0 Å². The molecule has 0 heterocycles. The van der Waals surface area contributed by atoms with Gasteiger partial charge in [0.2, 0.25) is 5.91 Å². The fraction of sp³-hybridized carbons (Fsp3) is 0.600. The van der Waals surface area contributed by atoms with Gasteiger partial charge in [-0.15, -0.1) is 0 Å². The van der Waals surface area contributed by atoms with Gasteiger partial charge in [0.05, 0.1) is 0 Å². The van der Waals surface area contributed by atoms with E-state index in [-0.39, 0.29) is 11.8 Å². The fourth-order valence-electron chi connectivity index (χ4n) is 1.47. The van der Waals surface area contributed by atoms with Crippen molar-refractivity contribution < 1.29 is 14.7 Å². The Balaban J connectivity index is 2.28. The number of hydrogen-bond donors (Lipinski definition) is 2. The minimum absolute atomic E-state index is 0.184. The van der Waals surface area contributed by atoms with E-state index in [1.165, 1.54) is 6.92 Å². The monoisotopic (exact) mass is 197 g/mol. The highest BCUT2D eigenvalue weighted by Gasteiger charge is 2.17. The summed E-state index contributed by atoms with van der Waals surface area (Å²) < 4.78 is 0. The van der Waals surface area contributed by atoms with Crippen LogP contribution in [0.5, 0.6) is 0 Å². The molecule has 4 nitrogen and oxygen atoms in total. The molecule has 1 rings (SSSR count). The van der Waals surface area contributed by atoms with E-state index in [0.29, 0.717) is 6.42 Å². The average Bonchev–Trinajstić information content (AvgIpc) is 2.56. The molecule has 0 spiro atoms. The molecule has 0 aliphatic heterocycles. The van der Waals surface area contributed by atoms with E-state index in [9.17, 15) is 9.59 Å². The van der Waals surface area contributed by atoms with E-state index in [0.717, 1.165) is 12.8 Å². The van der Waals surface area contributed by atoms with Gasteiger partial charge in [0.25, 0.3) is 0 Å². The summed E-state index contributed by atoms with van der Waals surface area (Å²) in [5.74, 6) is -0.896. The van der Waals surface area contributed by atoms with Crippen molar-refractivity contribution in [3.63, 3.8) is 0 Å². The summed E-state index contributed by atoms with van der Waals surface area (Å²) in [5.41, 5.74) is 0. The predicted octanol–water partition coefficient (Wildman–Crippen LogP) is 0.932. The summed E-state index contributed by atoms with van der Waals surface area (Å²) in [6, 6.07) is -0.798. The van der Waals surface area contributed by atoms with Crippen molar-refractivity contribution in [3.05, 3.63) is 12.2 Å². The fourth-order valence-corrected chi connectivity index (χ4v) is 1.47. The van der Waals surface area contributed by atoms with Crippen LogP contribution in [-0.2, 0) is 9.59 Å². The molecule has 1 amide bonds. The van der Waals surface area contributed by atoms with E-state index in [1.807, 2.05) is 6.08 Å². The number of carbonyl (C=O) groups excluding carboxylic acids is 1. The molecule has 0 aromatic heterocycles. The molecule has 0 aromatic rings. The number of carboxylic acid groups (broad SMARTS) is 1. The first kappa shape index (κ1) is 10.8. The highest BCUT2D eigenvalue weighted by atomic mass is 16.4. The van der Waals surface area contributed by atoms with Gasteiger partial charge in [-0.25, -0.2) is 0 Å². The van der Waals surface area contributed by atoms with Crippen LogP contribution in [0.1, 0.15) is 26.2 Å². The summed E-state index contributed by atoms with van der Waals surface area (Å²) in [6.07, 6.45) is 6.49. The number of hydrogen-bond acceptors (Lipinski definition) is 2. The first-order valence-electron chi connectivity index (χ1n) is 4.78. The number of carbonyl (C=O) groups is 2. The molecule has 1 aliphatic rings. The Morgan fingerprint density at radius 3 is 2.86 bits per heavy atom. The Bertz CT molecular complexity index is 254. The molecule has 4 heteroatoms. The first-order chi connectivity index (χ1) is 6.59. The normalized spacial score (nSPS) is 21.9. The standard InChI is InChI=1S/C10H15NO3/c1-7(10(13)14)11-9(12)6-8-4-2-3-5-8/h2,4,7-8H,3,5-6H2,1H3,(H,11,12)(H,13,14)/t7-,8+/m1/s1. The van der Waals surface area contributed by atoms with E-state index in [1.54, 1.807) is 0 Å². The Kier molecular flexibility index (Phi) is 3.68. The highest BCUT2D eigenvalue weighted by Crippen LogP contribution is 2.19. The molecule has 78 valence electrons. The van der Waals surface area contributed by atoms with Crippen LogP contribution in [-0.4, -0.2) is 23.0 Å². The molecule has 0 bridgehead atoms. The largest absolute Gasteiger partial charge is 0.480 e. The lowest BCUT2D eigenvalue weighted by atomic mass is 10.0. The van der Waals surface area contributed by atoms with Crippen LogP contribution in [0.3, 0.4) is 0 Å². The Labute approximate surface area is 83.0 Å². The van der Waals surface area contributed by atoms with Gasteiger partial charge in [-0.1, -0.05) is 12.2 Å². The highest BCUT2D eigenvalue weighted by molar-refractivity contribution is 5.83. The quantitative estimate of drug-likeness (QED) is 0.659. The molecule has 0 unspecified atom stereocenters. The topological polar surface area (TPSA) is 66.4 Å². The SMILES string of the molecule is C[C@@H](NC(=O)C[C@H]1C=CCC1)C(=O)O. The number of aliphatic carboxylic acids is 1. The second-order valence-electron chi connectivity index (χ2n) is 3.60. The molecular formula is C10H15NO3. The number of carboxylic acids is 1. The summed E-state index contributed by atoms with van der Waals surface area (Å²) in [5, 5.41) is 11.0. The van der Waals surface area contributed by atoms with Gasteiger partial charge in [-0.3, -0.25) is 9.59 Å². The zero-order chi connectivity index (χ0) is 10.6. The maximum atomic E-state index is 11.3. The number of rotatable bonds is 4. The van der Waals surface area contributed by atoms with Crippen molar-refractivity contribution in [2.45, 2.75) is 32.2 Å². The number of amides is 1. The third-order valence-electron chi connectivity index (χ3n) is 2.31. The van der Waals surface area contributed by atoms with Gasteiger partial charge in [0.15, 0.2) is 0 Å². The third-order valence-corrected chi connectivity index (χ3v) is 2.31. The van der Waals surface area contributed by atoms with Crippen molar-refractivity contribution in [1.82, 2.24) is 5.32 Å². The molecule has 2 N–H and O–H groups in total. The van der Waals surface area contributed by atoms with Crippen LogP contribution >= 0.6 is 0 Å². The van der Waals surface area contributed by atoms with Gasteiger partial charge in [0.1, 0.15) is 6.04 Å². The molecular weight excluding hydrogens is 182 g/mol. The maximum Gasteiger partial charge on any atom is 0.325 e. The molecule has 1 aliphatic carbocycles. The predicted molar refractivity (Wildman–Crippen MR) is 51.7 cm³/mol. The number of allylic oxidation sites excluding steroid dienone is 2. The maximum absolute atomic E-state index is 11.3. The number of nitrogens with one attached hydrogen (secondary N) is 1. The van der Waals surface area contributed by atoms with Gasteiger partial charge in [-0.05, 0) is 25.7 Å². The van der Waals surface area contributed by atoms with Crippen molar-refractivity contribution in [3.8, 4) is 0 Å². The van der Waals surface area contributed by atoms with Crippen molar-refractivity contribution >= 4 is 11.9 Å². The Morgan fingerprint density at radius 1 is 1.64 bits per heavy atom. The lowest BCUT2D eigenvalue weighted by Gasteiger charge is -2.11. The van der Waals surface area contributed by atoms with E-state index >= 15 is 0 Å². The van der Waals surface area contributed by atoms with E-state index in [4.69, 9.17) is 5.11 Å². The lowest BCUT2D eigenvalue weighted by molar-refractivity contribution is -0.141. The minimum atomic E-state index is -1.000. The molecule has 0 saturated carbocycles. The summed E-state index contributed by atoms with van der Waals surface area (Å²) in [6.45, 7) is 1.46. The molecule has 0 aromatic carbocycles. The van der Waals surface area contributed by atoms with Crippen molar-refractivity contribution in [2.75, 3.05) is 0 Å². The zero-order valence-corrected chi connectivity index (χ0v) is 8.19. The summed E-state index contributed by atoms with van der Waals surface area (Å²) >= 11 is 0. The Morgan fingerprint density at radius 2 is 2.36 bits per heavy atom. The smallest absolute Gasteiger partial charge is 0.325 e. The second-order valence-corrected chi connectivity index (χ2v) is 3.60. The molecule has 0 fully saturated rings. The van der Waals surface area contributed by atoms with Crippen molar-refractivity contribution in [1.29, 1.82) is 0 Å². The Hall–Kier alpha value is -1.32. The summed E-state index contributed by atoms with van der Waals surface area (Å²) in [7, 11) is 0. The first-order valence-corrected chi connectivity index (χ1v) is 4.78. The second kappa shape index (κ2) is 4.79. The van der Waals surface area contributed by atoms with E-state index < -0.39 is 12.0 Å². The van der Waals surface area contributed by atoms with E-state index in [2.05, 4.69) is 11.4 Å². The zero-order valence-electron chi connectivity index (χ0n) is 8.19. The van der Waals surface area contributed by atoms with Crippen LogP contribution in [0, 0.1) is 5.92 Å². The van der Waals surface area contributed by atoms with Gasteiger partial charge in [-0.2, -0.15) is 0 Å². The lowest BCUT2D eigenvalue weighted by Crippen LogP contribution is -2.38. The average molecular weight is 197 g/mol. The van der Waals surface area contributed by atoms with Gasteiger partial charge >= 0.3 is 5.97 Å². The van der Waals surface area contributed by atoms with Crippen LogP contribution in [0.15, 0.2) is 12.2 Å². The molecule has 2 atom stereocenters. The minimum Gasteiger partial charge on any atom is -0.480 e. The third kappa shape index (κ3) is 3.20. The van der Waals surface area contributed by atoms with Crippen LogP contribution < -0.4 is 5.32 Å². The van der Waals surface area contributed by atoms with Crippen LogP contribution in [0.25, 0.3) is 0 Å². The van der Waals surface area contributed by atoms with Gasteiger partial charge < -0.3 is 10.4 Å². The van der Waals surface area contributed by atoms with Crippen molar-refractivity contribution in [2.24, 2.45) is 5.92 Å². The summed E-state index contributed by atoms with van der Waals surface area (Å²) in [4.78, 5) is 21.7. The van der Waals surface area contributed by atoms with Crippen LogP contribution in [0.4, 0.5) is 0 Å².